The number of amides is 1. The Bertz CT molecular complexity index is 589. The summed E-state index contributed by atoms with van der Waals surface area (Å²) in [7, 11) is 0. The van der Waals surface area contributed by atoms with Crippen LogP contribution in [0.15, 0.2) is 28.6 Å². The highest BCUT2D eigenvalue weighted by atomic mass is 127. The van der Waals surface area contributed by atoms with E-state index in [1.165, 1.54) is 11.3 Å². The van der Waals surface area contributed by atoms with Crippen LogP contribution in [0, 0.1) is 3.57 Å². The number of carbonyl (C=O) groups is 1. The molecule has 0 bridgehead atoms. The van der Waals surface area contributed by atoms with Gasteiger partial charge in [-0.3, -0.25) is 10.1 Å². The molecule has 1 amide bonds. The lowest BCUT2D eigenvalue weighted by molar-refractivity contribution is -0.118. The quantitative estimate of drug-likeness (QED) is 0.409. The van der Waals surface area contributed by atoms with Gasteiger partial charge in [0.25, 0.3) is 5.91 Å². The van der Waals surface area contributed by atoms with E-state index in [1.807, 2.05) is 24.3 Å². The Morgan fingerprint density at radius 3 is 2.86 bits per heavy atom. The SMILES string of the molecule is CCCSc1nnc(NC(=O)COc2ccc(I)cc2)s1. The molecule has 0 aliphatic carbocycles. The van der Waals surface area contributed by atoms with E-state index in [-0.39, 0.29) is 12.5 Å². The molecule has 0 atom stereocenters. The van der Waals surface area contributed by atoms with E-state index < -0.39 is 0 Å². The highest BCUT2D eigenvalue weighted by Gasteiger charge is 2.09. The third kappa shape index (κ3) is 5.79. The second-order valence-corrected chi connectivity index (χ2v) is 7.58. The molecule has 0 saturated heterocycles. The topological polar surface area (TPSA) is 64.1 Å². The Balaban J connectivity index is 1.78. The molecule has 2 rings (SSSR count). The molecule has 0 aliphatic rings. The molecule has 0 radical (unpaired) electrons. The summed E-state index contributed by atoms with van der Waals surface area (Å²) >= 11 is 5.23. The van der Waals surface area contributed by atoms with Gasteiger partial charge in [-0.25, -0.2) is 0 Å². The third-order valence-electron chi connectivity index (χ3n) is 2.27. The standard InChI is InChI=1S/C13H14IN3O2S2/c1-2-7-20-13-17-16-12(21-13)15-11(18)8-19-10-5-3-9(14)4-6-10/h3-6H,2,7-8H2,1H3,(H,15,16,18). The van der Waals surface area contributed by atoms with Crippen LogP contribution in [0.1, 0.15) is 13.3 Å². The van der Waals surface area contributed by atoms with Crippen LogP contribution in [0.5, 0.6) is 5.75 Å². The molecule has 0 spiro atoms. The molecule has 5 nitrogen and oxygen atoms in total. The van der Waals surface area contributed by atoms with Crippen LogP contribution in [0.25, 0.3) is 0 Å². The minimum atomic E-state index is -0.239. The number of rotatable bonds is 7. The van der Waals surface area contributed by atoms with Gasteiger partial charge in [-0.1, -0.05) is 30.0 Å². The Morgan fingerprint density at radius 1 is 1.38 bits per heavy atom. The van der Waals surface area contributed by atoms with Crippen molar-refractivity contribution in [3.63, 3.8) is 0 Å². The zero-order chi connectivity index (χ0) is 15.1. The monoisotopic (exact) mass is 435 g/mol. The number of thioether (sulfide) groups is 1. The number of hydrogen-bond donors (Lipinski definition) is 1. The van der Waals surface area contributed by atoms with E-state index in [0.29, 0.717) is 10.9 Å². The first kappa shape index (κ1) is 16.5. The van der Waals surface area contributed by atoms with Gasteiger partial charge in [0, 0.05) is 9.32 Å². The minimum absolute atomic E-state index is 0.0440. The summed E-state index contributed by atoms with van der Waals surface area (Å²) in [5.41, 5.74) is 0. The van der Waals surface area contributed by atoms with Gasteiger partial charge < -0.3 is 4.74 Å². The number of nitrogens with one attached hydrogen (secondary N) is 1. The van der Waals surface area contributed by atoms with Gasteiger partial charge in [-0.05, 0) is 53.3 Å². The van der Waals surface area contributed by atoms with Crippen LogP contribution in [0.4, 0.5) is 5.13 Å². The first-order chi connectivity index (χ1) is 10.2. The van der Waals surface area contributed by atoms with Crippen LogP contribution in [0.2, 0.25) is 0 Å². The van der Waals surface area contributed by atoms with Gasteiger partial charge in [0.05, 0.1) is 0 Å². The van der Waals surface area contributed by atoms with Crippen molar-refractivity contribution in [2.45, 2.75) is 17.7 Å². The first-order valence-corrected chi connectivity index (χ1v) is 9.20. The second-order valence-electron chi connectivity index (χ2n) is 4.01. The summed E-state index contributed by atoms with van der Waals surface area (Å²) in [6, 6.07) is 7.52. The number of halogens is 1. The molecule has 0 fully saturated rings. The van der Waals surface area contributed by atoms with E-state index >= 15 is 0 Å². The van der Waals surface area contributed by atoms with Crippen molar-refractivity contribution in [3.8, 4) is 5.75 Å². The summed E-state index contributed by atoms with van der Waals surface area (Å²) < 4.78 is 7.39. The van der Waals surface area contributed by atoms with Crippen molar-refractivity contribution >= 4 is 56.7 Å². The second kappa shape index (κ2) is 8.54. The minimum Gasteiger partial charge on any atom is -0.484 e. The van der Waals surface area contributed by atoms with Crippen molar-refractivity contribution in [2.24, 2.45) is 0 Å². The zero-order valence-corrected chi connectivity index (χ0v) is 15.1. The van der Waals surface area contributed by atoms with E-state index in [0.717, 1.165) is 20.1 Å². The van der Waals surface area contributed by atoms with Gasteiger partial charge in [0.1, 0.15) is 5.75 Å². The number of carbonyl (C=O) groups excluding carboxylic acids is 1. The molecular formula is C13H14IN3O2S2. The molecule has 8 heteroatoms. The molecule has 1 aromatic carbocycles. The molecule has 0 aliphatic heterocycles. The molecule has 0 saturated carbocycles. The number of anilines is 1. The number of nitrogens with zero attached hydrogens (tertiary/aromatic N) is 2. The lowest BCUT2D eigenvalue weighted by Gasteiger charge is -2.05. The van der Waals surface area contributed by atoms with Crippen molar-refractivity contribution in [1.82, 2.24) is 10.2 Å². The summed E-state index contributed by atoms with van der Waals surface area (Å²) in [4.78, 5) is 11.8. The van der Waals surface area contributed by atoms with Crippen molar-refractivity contribution in [3.05, 3.63) is 27.8 Å². The third-order valence-corrected chi connectivity index (χ3v) is 5.16. The van der Waals surface area contributed by atoms with Gasteiger partial charge >= 0.3 is 0 Å². The highest BCUT2D eigenvalue weighted by molar-refractivity contribution is 14.1. The Morgan fingerprint density at radius 2 is 2.14 bits per heavy atom. The summed E-state index contributed by atoms with van der Waals surface area (Å²) in [5, 5.41) is 11.1. The average Bonchev–Trinajstić information content (AvgIpc) is 2.92. The molecule has 2 aromatic rings. The van der Waals surface area contributed by atoms with E-state index in [9.17, 15) is 4.79 Å². The molecule has 21 heavy (non-hydrogen) atoms. The summed E-state index contributed by atoms with van der Waals surface area (Å²) in [6.45, 7) is 2.07. The van der Waals surface area contributed by atoms with Gasteiger partial charge in [-0.2, -0.15) is 0 Å². The van der Waals surface area contributed by atoms with Crippen LogP contribution >= 0.6 is 45.7 Å². The maximum absolute atomic E-state index is 11.8. The molecule has 1 aromatic heterocycles. The van der Waals surface area contributed by atoms with E-state index in [1.54, 1.807) is 11.8 Å². The fourth-order valence-corrected chi connectivity index (χ4v) is 3.40. The first-order valence-electron chi connectivity index (χ1n) is 6.32. The fourth-order valence-electron chi connectivity index (χ4n) is 1.34. The molecular weight excluding hydrogens is 421 g/mol. The lowest BCUT2D eigenvalue weighted by Crippen LogP contribution is -2.20. The normalized spacial score (nSPS) is 10.4. The van der Waals surface area contributed by atoms with Gasteiger partial charge in [0.2, 0.25) is 5.13 Å². The fraction of sp³-hybridized carbons (Fsp3) is 0.308. The zero-order valence-electron chi connectivity index (χ0n) is 11.3. The molecule has 112 valence electrons. The van der Waals surface area contributed by atoms with Crippen molar-refractivity contribution in [2.75, 3.05) is 17.7 Å². The smallest absolute Gasteiger partial charge is 0.264 e. The molecule has 1 heterocycles. The van der Waals surface area contributed by atoms with Crippen molar-refractivity contribution < 1.29 is 9.53 Å². The number of ether oxygens (including phenoxy) is 1. The van der Waals surface area contributed by atoms with Crippen LogP contribution in [-0.4, -0.2) is 28.5 Å². The predicted molar refractivity (Wildman–Crippen MR) is 94.2 cm³/mol. The van der Waals surface area contributed by atoms with Gasteiger partial charge in [-0.15, -0.1) is 10.2 Å². The van der Waals surface area contributed by atoms with Crippen LogP contribution in [0.3, 0.4) is 0 Å². The number of benzene rings is 1. The van der Waals surface area contributed by atoms with E-state index in [2.05, 4.69) is 45.0 Å². The molecule has 1 N–H and O–H groups in total. The molecule has 0 unspecified atom stereocenters. The van der Waals surface area contributed by atoms with Crippen LogP contribution < -0.4 is 10.1 Å². The Labute approximate surface area is 145 Å². The Kier molecular flexibility index (Phi) is 6.71. The average molecular weight is 435 g/mol. The lowest BCUT2D eigenvalue weighted by atomic mass is 10.3. The number of hydrogen-bond acceptors (Lipinski definition) is 6. The predicted octanol–water partition coefficient (Wildman–Crippen LogP) is 3.66. The van der Waals surface area contributed by atoms with E-state index in [4.69, 9.17) is 4.74 Å². The highest BCUT2D eigenvalue weighted by Crippen LogP contribution is 2.25. The maximum Gasteiger partial charge on any atom is 0.264 e. The largest absolute Gasteiger partial charge is 0.484 e. The van der Waals surface area contributed by atoms with Gasteiger partial charge in [0.15, 0.2) is 10.9 Å². The van der Waals surface area contributed by atoms with Crippen LogP contribution in [-0.2, 0) is 4.79 Å². The van der Waals surface area contributed by atoms with Crippen molar-refractivity contribution in [1.29, 1.82) is 0 Å². The summed E-state index contributed by atoms with van der Waals surface area (Å²) in [6.07, 6.45) is 1.08. The Hall–Kier alpha value is -0.870. The summed E-state index contributed by atoms with van der Waals surface area (Å²) in [5.74, 6) is 1.43. The maximum atomic E-state index is 11.8. The number of aromatic nitrogens is 2.